The van der Waals surface area contributed by atoms with Crippen LogP contribution in [0.1, 0.15) is 13.8 Å². The normalized spacial score (nSPS) is 10.9. The predicted octanol–water partition coefficient (Wildman–Crippen LogP) is 3.80. The quantitative estimate of drug-likeness (QED) is 0.769. The van der Waals surface area contributed by atoms with E-state index in [1.807, 2.05) is 26.0 Å². The van der Waals surface area contributed by atoms with Gasteiger partial charge >= 0.3 is 0 Å². The van der Waals surface area contributed by atoms with Crippen molar-refractivity contribution in [1.29, 1.82) is 0 Å². The van der Waals surface area contributed by atoms with Gasteiger partial charge in [-0.05, 0) is 26.0 Å². The molecule has 0 aromatic heterocycles. The van der Waals surface area contributed by atoms with E-state index in [4.69, 9.17) is 32.7 Å². The average molecular weight is 278 g/mol. The molecule has 0 heterocycles. The van der Waals surface area contributed by atoms with Gasteiger partial charge < -0.3 is 14.8 Å². The number of anilines is 1. The SMILES string of the molecule is CCOC(CNc1cccc(Cl)c1Cl)OCC. The minimum absolute atomic E-state index is 0.278. The smallest absolute Gasteiger partial charge is 0.174 e. The summed E-state index contributed by atoms with van der Waals surface area (Å²) in [4.78, 5) is 0. The summed E-state index contributed by atoms with van der Waals surface area (Å²) in [7, 11) is 0. The predicted molar refractivity (Wildman–Crippen MR) is 72.0 cm³/mol. The third kappa shape index (κ3) is 4.72. The van der Waals surface area contributed by atoms with Gasteiger partial charge in [-0.25, -0.2) is 0 Å². The lowest BCUT2D eigenvalue weighted by molar-refractivity contribution is -0.126. The molecule has 17 heavy (non-hydrogen) atoms. The van der Waals surface area contributed by atoms with Crippen LogP contribution in [-0.2, 0) is 9.47 Å². The Morgan fingerprint density at radius 2 is 1.82 bits per heavy atom. The molecule has 0 aliphatic rings. The van der Waals surface area contributed by atoms with Crippen LogP contribution in [0.15, 0.2) is 18.2 Å². The number of hydrogen-bond acceptors (Lipinski definition) is 3. The van der Waals surface area contributed by atoms with Crippen LogP contribution < -0.4 is 5.32 Å². The van der Waals surface area contributed by atoms with E-state index in [1.165, 1.54) is 0 Å². The van der Waals surface area contributed by atoms with Crippen molar-refractivity contribution in [2.75, 3.05) is 25.1 Å². The lowest BCUT2D eigenvalue weighted by atomic mass is 10.3. The van der Waals surface area contributed by atoms with Crippen LogP contribution in [-0.4, -0.2) is 26.0 Å². The van der Waals surface area contributed by atoms with Gasteiger partial charge in [-0.15, -0.1) is 0 Å². The molecule has 1 rings (SSSR count). The van der Waals surface area contributed by atoms with E-state index in [-0.39, 0.29) is 6.29 Å². The highest BCUT2D eigenvalue weighted by Gasteiger charge is 2.09. The van der Waals surface area contributed by atoms with Gasteiger partial charge in [0.25, 0.3) is 0 Å². The molecule has 0 amide bonds. The largest absolute Gasteiger partial charge is 0.379 e. The molecule has 0 saturated heterocycles. The van der Waals surface area contributed by atoms with E-state index in [2.05, 4.69) is 5.32 Å². The molecular weight excluding hydrogens is 261 g/mol. The monoisotopic (exact) mass is 277 g/mol. The molecule has 1 N–H and O–H groups in total. The fourth-order valence-electron chi connectivity index (χ4n) is 1.37. The van der Waals surface area contributed by atoms with E-state index in [1.54, 1.807) is 6.07 Å². The van der Waals surface area contributed by atoms with Crippen molar-refractivity contribution in [3.63, 3.8) is 0 Å². The molecule has 0 radical (unpaired) electrons. The van der Waals surface area contributed by atoms with Crippen molar-refractivity contribution in [2.24, 2.45) is 0 Å². The van der Waals surface area contributed by atoms with Crippen molar-refractivity contribution in [2.45, 2.75) is 20.1 Å². The van der Waals surface area contributed by atoms with Gasteiger partial charge in [0.15, 0.2) is 6.29 Å². The first-order valence-corrected chi connectivity index (χ1v) is 6.35. The van der Waals surface area contributed by atoms with Gasteiger partial charge in [0.1, 0.15) is 0 Å². The molecule has 0 fully saturated rings. The number of halogens is 2. The van der Waals surface area contributed by atoms with Gasteiger partial charge in [0, 0.05) is 13.2 Å². The zero-order chi connectivity index (χ0) is 12.7. The van der Waals surface area contributed by atoms with Crippen LogP contribution in [0.3, 0.4) is 0 Å². The third-order valence-electron chi connectivity index (χ3n) is 2.12. The van der Waals surface area contributed by atoms with Crippen LogP contribution in [0.4, 0.5) is 5.69 Å². The molecule has 3 nitrogen and oxygen atoms in total. The summed E-state index contributed by atoms with van der Waals surface area (Å²) in [5, 5.41) is 4.20. The molecule has 0 unspecified atom stereocenters. The first-order valence-electron chi connectivity index (χ1n) is 5.60. The third-order valence-corrected chi connectivity index (χ3v) is 2.93. The Hall–Kier alpha value is -0.480. The van der Waals surface area contributed by atoms with E-state index in [9.17, 15) is 0 Å². The van der Waals surface area contributed by atoms with E-state index >= 15 is 0 Å². The zero-order valence-electron chi connectivity index (χ0n) is 10.0. The Bertz CT molecular complexity index is 341. The number of hydrogen-bond donors (Lipinski definition) is 1. The Morgan fingerprint density at radius 3 is 2.41 bits per heavy atom. The number of nitrogens with one attached hydrogen (secondary N) is 1. The second-order valence-electron chi connectivity index (χ2n) is 3.32. The minimum atomic E-state index is -0.278. The van der Waals surface area contributed by atoms with E-state index in [0.29, 0.717) is 29.8 Å². The van der Waals surface area contributed by atoms with Crippen molar-refractivity contribution in [3.8, 4) is 0 Å². The molecule has 0 saturated carbocycles. The van der Waals surface area contributed by atoms with Crippen molar-refractivity contribution >= 4 is 28.9 Å². The Morgan fingerprint density at radius 1 is 1.18 bits per heavy atom. The molecule has 0 aliphatic carbocycles. The molecule has 96 valence electrons. The first kappa shape index (κ1) is 14.6. The zero-order valence-corrected chi connectivity index (χ0v) is 11.5. The Balaban J connectivity index is 2.55. The lowest BCUT2D eigenvalue weighted by Gasteiger charge is -2.18. The fraction of sp³-hybridized carbons (Fsp3) is 0.500. The summed E-state index contributed by atoms with van der Waals surface area (Å²) in [6.07, 6.45) is -0.278. The molecule has 0 bridgehead atoms. The highest BCUT2D eigenvalue weighted by Crippen LogP contribution is 2.29. The van der Waals surface area contributed by atoms with Crippen LogP contribution in [0.25, 0.3) is 0 Å². The maximum absolute atomic E-state index is 6.05. The average Bonchev–Trinajstić information content (AvgIpc) is 2.31. The topological polar surface area (TPSA) is 30.5 Å². The van der Waals surface area contributed by atoms with Gasteiger partial charge in [-0.1, -0.05) is 29.3 Å². The van der Waals surface area contributed by atoms with E-state index < -0.39 is 0 Å². The number of ether oxygens (including phenoxy) is 2. The van der Waals surface area contributed by atoms with E-state index in [0.717, 1.165) is 5.69 Å². The molecular formula is C12H17Cl2NO2. The molecule has 1 aromatic rings. The Labute approximate surface area is 112 Å². The first-order chi connectivity index (χ1) is 8.19. The summed E-state index contributed by atoms with van der Waals surface area (Å²) in [6, 6.07) is 5.45. The lowest BCUT2D eigenvalue weighted by Crippen LogP contribution is -2.26. The van der Waals surface area contributed by atoms with Crippen molar-refractivity contribution in [1.82, 2.24) is 0 Å². The van der Waals surface area contributed by atoms with Gasteiger partial charge in [0.05, 0.1) is 22.3 Å². The van der Waals surface area contributed by atoms with Crippen LogP contribution in [0, 0.1) is 0 Å². The summed E-state index contributed by atoms with van der Waals surface area (Å²) in [5.41, 5.74) is 0.781. The van der Waals surface area contributed by atoms with Crippen LogP contribution >= 0.6 is 23.2 Å². The molecule has 0 aliphatic heterocycles. The molecule has 1 aromatic carbocycles. The maximum atomic E-state index is 6.05. The highest BCUT2D eigenvalue weighted by molar-refractivity contribution is 6.43. The minimum Gasteiger partial charge on any atom is -0.379 e. The van der Waals surface area contributed by atoms with Gasteiger partial charge in [-0.3, -0.25) is 0 Å². The summed E-state index contributed by atoms with van der Waals surface area (Å²) >= 11 is 12.0. The second-order valence-corrected chi connectivity index (χ2v) is 4.11. The highest BCUT2D eigenvalue weighted by atomic mass is 35.5. The number of rotatable bonds is 7. The molecule has 0 spiro atoms. The summed E-state index contributed by atoms with van der Waals surface area (Å²) in [5.74, 6) is 0. The van der Waals surface area contributed by atoms with Gasteiger partial charge in [-0.2, -0.15) is 0 Å². The van der Waals surface area contributed by atoms with Crippen LogP contribution in [0.2, 0.25) is 10.0 Å². The van der Waals surface area contributed by atoms with Crippen LogP contribution in [0.5, 0.6) is 0 Å². The molecule has 5 heteroatoms. The fourth-order valence-corrected chi connectivity index (χ4v) is 1.74. The summed E-state index contributed by atoms with van der Waals surface area (Å²) < 4.78 is 10.8. The Kier molecular flexibility index (Phi) is 6.66. The standard InChI is InChI=1S/C12H17Cl2NO2/c1-3-16-11(17-4-2)8-15-10-7-5-6-9(13)12(10)14/h5-7,11,15H,3-4,8H2,1-2H3. The second kappa shape index (κ2) is 7.77. The van der Waals surface area contributed by atoms with Crippen molar-refractivity contribution in [3.05, 3.63) is 28.2 Å². The number of benzene rings is 1. The van der Waals surface area contributed by atoms with Gasteiger partial charge in [0.2, 0.25) is 0 Å². The molecule has 0 atom stereocenters. The maximum Gasteiger partial charge on any atom is 0.174 e. The summed E-state index contributed by atoms with van der Waals surface area (Å²) in [6.45, 7) is 5.60. The van der Waals surface area contributed by atoms with Crippen molar-refractivity contribution < 1.29 is 9.47 Å².